The summed E-state index contributed by atoms with van der Waals surface area (Å²) >= 11 is 0. The molecule has 10 heteroatoms. The minimum atomic E-state index is -4.50. The van der Waals surface area contributed by atoms with Crippen molar-refractivity contribution in [1.29, 1.82) is 0 Å². The van der Waals surface area contributed by atoms with Crippen molar-refractivity contribution in [1.82, 2.24) is 10.2 Å². The van der Waals surface area contributed by atoms with Crippen molar-refractivity contribution in [3.8, 4) is 0 Å². The van der Waals surface area contributed by atoms with Crippen LogP contribution >= 0.6 is 0 Å². The summed E-state index contributed by atoms with van der Waals surface area (Å²) in [6, 6.07) is 3.14. The molecule has 4 amide bonds. The summed E-state index contributed by atoms with van der Waals surface area (Å²) in [7, 11) is 2.76. The first-order chi connectivity index (χ1) is 12.6. The zero-order valence-electron chi connectivity index (χ0n) is 14.2. The highest BCUT2D eigenvalue weighted by molar-refractivity contribution is 6.16. The van der Waals surface area contributed by atoms with Crippen LogP contribution in [0.2, 0.25) is 0 Å². The standard InChI is InChI=1S/C17H13F3N4O3/c1-23-13-12(15(26)24(2)16(23)27)11(7-8-21-13)22-14(25)9-3-5-10(6-4-9)17(18,19)20/h3-8,12H,1-2H3/p+1. The molecular weight excluding hydrogens is 365 g/mol. The summed E-state index contributed by atoms with van der Waals surface area (Å²) < 4.78 is 39.1. The van der Waals surface area contributed by atoms with Gasteiger partial charge in [-0.25, -0.2) is 4.79 Å². The molecule has 1 aromatic carbocycles. The van der Waals surface area contributed by atoms with E-state index in [0.29, 0.717) is 0 Å². The van der Waals surface area contributed by atoms with Crippen molar-refractivity contribution < 1.29 is 32.1 Å². The highest BCUT2D eigenvalue weighted by Crippen LogP contribution is 2.29. The third-order valence-corrected chi connectivity index (χ3v) is 4.26. The van der Waals surface area contributed by atoms with Crippen LogP contribution < -0.4 is 5.32 Å². The van der Waals surface area contributed by atoms with Crippen LogP contribution in [0.1, 0.15) is 15.9 Å². The SMILES string of the molecule is CN1C(=O)C2C(NC(=O)c3ccc(C(F)(F)F)cc3)=CC=NC2=[N+](C)C1=O. The maximum atomic E-state index is 12.6. The topological polar surface area (TPSA) is 81.8 Å². The highest BCUT2D eigenvalue weighted by Gasteiger charge is 2.47. The number of nitrogens with zero attached hydrogens (tertiary/aromatic N) is 3. The summed E-state index contributed by atoms with van der Waals surface area (Å²) in [4.78, 5) is 41.8. The van der Waals surface area contributed by atoms with Crippen LogP contribution in [-0.2, 0) is 11.0 Å². The Morgan fingerprint density at radius 2 is 1.85 bits per heavy atom. The van der Waals surface area contributed by atoms with E-state index >= 15 is 0 Å². The zero-order chi connectivity index (χ0) is 19.9. The number of hydrogen-bond acceptors (Lipinski definition) is 4. The first kappa shape index (κ1) is 18.5. The van der Waals surface area contributed by atoms with Gasteiger partial charge in [0.25, 0.3) is 11.7 Å². The van der Waals surface area contributed by atoms with Gasteiger partial charge in [0.2, 0.25) is 0 Å². The number of halogens is 3. The molecule has 2 aliphatic rings. The van der Waals surface area contributed by atoms with E-state index in [0.717, 1.165) is 29.2 Å². The van der Waals surface area contributed by atoms with E-state index in [-0.39, 0.29) is 17.1 Å². The van der Waals surface area contributed by atoms with Gasteiger partial charge in [0, 0.05) is 11.3 Å². The van der Waals surface area contributed by atoms with Crippen molar-refractivity contribution in [2.75, 3.05) is 14.1 Å². The van der Waals surface area contributed by atoms with Crippen LogP contribution in [0, 0.1) is 5.92 Å². The number of rotatable bonds is 2. The summed E-state index contributed by atoms with van der Waals surface area (Å²) in [5.74, 6) is -2.07. The number of amides is 4. The van der Waals surface area contributed by atoms with Crippen molar-refractivity contribution >= 4 is 29.9 Å². The quantitative estimate of drug-likeness (QED) is 0.794. The highest BCUT2D eigenvalue weighted by atomic mass is 19.4. The molecule has 0 fully saturated rings. The van der Waals surface area contributed by atoms with Crippen LogP contribution in [-0.4, -0.2) is 53.5 Å². The molecule has 0 saturated heterocycles. The molecule has 0 saturated carbocycles. The van der Waals surface area contributed by atoms with Gasteiger partial charge >= 0.3 is 18.1 Å². The van der Waals surface area contributed by atoms with E-state index in [1.54, 1.807) is 0 Å². The first-order valence-corrected chi connectivity index (χ1v) is 7.76. The second-order valence-electron chi connectivity index (χ2n) is 5.96. The fraction of sp³-hybridized carbons (Fsp3) is 0.235. The molecule has 1 N–H and O–H groups in total. The van der Waals surface area contributed by atoms with Gasteiger partial charge in [0.05, 0.1) is 19.7 Å². The van der Waals surface area contributed by atoms with Crippen LogP contribution in [0.15, 0.2) is 41.0 Å². The van der Waals surface area contributed by atoms with Crippen molar-refractivity contribution in [3.63, 3.8) is 0 Å². The minimum Gasteiger partial charge on any atom is -0.324 e. The van der Waals surface area contributed by atoms with Gasteiger partial charge in [-0.3, -0.25) is 9.59 Å². The number of carbonyl (C=O) groups excluding carboxylic acids is 3. The molecule has 2 heterocycles. The van der Waals surface area contributed by atoms with Gasteiger partial charge < -0.3 is 5.32 Å². The lowest BCUT2D eigenvalue weighted by Crippen LogP contribution is -2.54. The Morgan fingerprint density at radius 3 is 2.44 bits per heavy atom. The lowest BCUT2D eigenvalue weighted by Gasteiger charge is -2.26. The number of carbonyl (C=O) groups is 3. The van der Waals surface area contributed by atoms with Crippen LogP contribution in [0.25, 0.3) is 0 Å². The fourth-order valence-electron chi connectivity index (χ4n) is 2.77. The summed E-state index contributed by atoms with van der Waals surface area (Å²) in [5, 5.41) is 2.52. The molecule has 0 aromatic heterocycles. The van der Waals surface area contributed by atoms with Gasteiger partial charge in [-0.1, -0.05) is 0 Å². The number of amidine groups is 1. The predicted molar refractivity (Wildman–Crippen MR) is 88.3 cm³/mol. The molecule has 3 rings (SSSR count). The monoisotopic (exact) mass is 379 g/mol. The third-order valence-electron chi connectivity index (χ3n) is 4.26. The van der Waals surface area contributed by atoms with E-state index in [2.05, 4.69) is 10.3 Å². The summed E-state index contributed by atoms with van der Waals surface area (Å²) in [6.45, 7) is 0. The van der Waals surface area contributed by atoms with Gasteiger partial charge in [0.1, 0.15) is 6.21 Å². The average Bonchev–Trinajstić information content (AvgIpc) is 2.63. The van der Waals surface area contributed by atoms with Crippen LogP contribution in [0.3, 0.4) is 0 Å². The molecule has 1 unspecified atom stereocenters. The molecule has 1 aromatic rings. The van der Waals surface area contributed by atoms with E-state index < -0.39 is 35.5 Å². The maximum absolute atomic E-state index is 12.6. The molecule has 0 spiro atoms. The maximum Gasteiger partial charge on any atom is 0.445 e. The zero-order valence-corrected chi connectivity index (χ0v) is 14.2. The number of alkyl halides is 3. The van der Waals surface area contributed by atoms with E-state index in [1.807, 2.05) is 0 Å². The van der Waals surface area contributed by atoms with Crippen molar-refractivity contribution in [3.05, 3.63) is 47.2 Å². The molecular formula is C17H14F3N4O3+. The van der Waals surface area contributed by atoms with Gasteiger partial charge in [-0.2, -0.15) is 22.6 Å². The molecule has 1 atom stereocenters. The van der Waals surface area contributed by atoms with Crippen molar-refractivity contribution in [2.45, 2.75) is 6.18 Å². The van der Waals surface area contributed by atoms with Gasteiger partial charge in [-0.05, 0) is 30.3 Å². The Labute approximate surface area is 151 Å². The minimum absolute atomic E-state index is 0.00555. The summed E-state index contributed by atoms with van der Waals surface area (Å²) in [5.41, 5.74) is -0.696. The normalized spacial score (nSPS) is 19.8. The first-order valence-electron chi connectivity index (χ1n) is 7.76. The molecule has 0 aliphatic carbocycles. The number of fused-ring (bicyclic) bond motifs is 1. The van der Waals surface area contributed by atoms with Crippen molar-refractivity contribution in [2.24, 2.45) is 10.9 Å². The number of dihydropyridines is 1. The predicted octanol–water partition coefficient (Wildman–Crippen LogP) is 1.65. The molecule has 2 aliphatic heterocycles. The Hall–Kier alpha value is -3.30. The van der Waals surface area contributed by atoms with E-state index in [4.69, 9.17) is 0 Å². The molecule has 27 heavy (non-hydrogen) atoms. The number of aliphatic imine (C=N–C) groups is 1. The average molecular weight is 379 g/mol. The molecule has 7 nitrogen and oxygen atoms in total. The van der Waals surface area contributed by atoms with Crippen LogP contribution in [0.4, 0.5) is 18.0 Å². The molecule has 140 valence electrons. The van der Waals surface area contributed by atoms with E-state index in [1.165, 1.54) is 31.0 Å². The largest absolute Gasteiger partial charge is 0.445 e. The number of imide groups is 1. The smallest absolute Gasteiger partial charge is 0.324 e. The van der Waals surface area contributed by atoms with Crippen LogP contribution in [0.5, 0.6) is 0 Å². The fourth-order valence-corrected chi connectivity index (χ4v) is 2.77. The number of hydrogen-bond donors (Lipinski definition) is 1. The second-order valence-corrected chi connectivity index (χ2v) is 5.96. The Kier molecular flexibility index (Phi) is 4.42. The van der Waals surface area contributed by atoms with Gasteiger partial charge in [0.15, 0.2) is 5.92 Å². The molecule has 0 radical (unpaired) electrons. The molecule has 0 bridgehead atoms. The number of allylic oxidation sites excluding steroid dienone is 1. The summed E-state index contributed by atoms with van der Waals surface area (Å²) in [6.07, 6.45) is -1.76. The second kappa shape index (κ2) is 6.45. The Morgan fingerprint density at radius 1 is 1.22 bits per heavy atom. The Bertz CT molecular complexity index is 930. The number of benzene rings is 1. The lowest BCUT2D eigenvalue weighted by molar-refractivity contribution is -0.407. The lowest BCUT2D eigenvalue weighted by atomic mass is 9.97. The number of nitrogens with one attached hydrogen (secondary N) is 1. The third kappa shape index (κ3) is 3.25. The number of urea groups is 1. The van der Waals surface area contributed by atoms with E-state index in [9.17, 15) is 27.6 Å². The Balaban J connectivity index is 1.86. The van der Waals surface area contributed by atoms with Gasteiger partial charge in [-0.15, -0.1) is 4.99 Å².